The van der Waals surface area contributed by atoms with E-state index >= 15 is 0 Å². The second-order valence-electron chi connectivity index (χ2n) is 9.73. The van der Waals surface area contributed by atoms with Crippen LogP contribution < -0.4 is 19.5 Å². The van der Waals surface area contributed by atoms with Crippen molar-refractivity contribution < 1.29 is 24.1 Å². The minimum Gasteiger partial charge on any atom is -0.497 e. The van der Waals surface area contributed by atoms with E-state index in [-0.39, 0.29) is 11.9 Å². The van der Waals surface area contributed by atoms with Gasteiger partial charge in [-0.1, -0.05) is 38.3 Å². The van der Waals surface area contributed by atoms with Gasteiger partial charge in [-0.15, -0.1) is 0 Å². The molecule has 7 nitrogen and oxygen atoms in total. The minimum absolute atomic E-state index is 0.0754. The second kappa shape index (κ2) is 16.2. The highest BCUT2D eigenvalue weighted by atomic mass is 16.5. The van der Waals surface area contributed by atoms with Crippen molar-refractivity contribution in [1.29, 1.82) is 0 Å². The number of amides is 1. The summed E-state index contributed by atoms with van der Waals surface area (Å²) in [6, 6.07) is 14.6. The van der Waals surface area contributed by atoms with Gasteiger partial charge in [0.15, 0.2) is 0 Å². The van der Waals surface area contributed by atoms with Gasteiger partial charge >= 0.3 is 0 Å². The normalized spacial score (nSPS) is 15.2. The smallest absolute Gasteiger partial charge is 0.220 e. The number of aliphatic hydroxyl groups excluding tert-OH is 1. The van der Waals surface area contributed by atoms with E-state index in [2.05, 4.69) is 17.1 Å². The van der Waals surface area contributed by atoms with Crippen LogP contribution in [0.5, 0.6) is 17.2 Å². The number of hydrogen-bond donors (Lipinski definition) is 2. The molecular formula is C30H44N2O5. The Morgan fingerprint density at radius 1 is 0.892 bits per heavy atom. The molecule has 0 radical (unpaired) electrons. The average molecular weight is 513 g/mol. The van der Waals surface area contributed by atoms with Gasteiger partial charge in [-0.2, -0.15) is 0 Å². The third kappa shape index (κ3) is 10.3. The summed E-state index contributed by atoms with van der Waals surface area (Å²) >= 11 is 0. The first-order chi connectivity index (χ1) is 18.1. The van der Waals surface area contributed by atoms with E-state index in [4.69, 9.17) is 14.2 Å². The number of nitrogens with one attached hydrogen (secondary N) is 1. The third-order valence-electron chi connectivity index (χ3n) is 6.75. The van der Waals surface area contributed by atoms with E-state index < -0.39 is 6.10 Å². The van der Waals surface area contributed by atoms with Crippen LogP contribution in [0.3, 0.4) is 0 Å². The molecule has 0 saturated carbocycles. The molecule has 7 heteroatoms. The van der Waals surface area contributed by atoms with E-state index in [1.807, 2.05) is 48.5 Å². The standard InChI is InChI=1S/C30H44N2O5/c1-3-4-5-8-21-36-26-13-11-24(12-14-26)30(34)28(23-32-19-6-7-20-32)31-29(33)10-9-22-37-27-17-15-25(35-2)16-18-27/h11-18,28,30,34H,3-10,19-23H2,1-2H3,(H,31,33). The van der Waals surface area contributed by atoms with Crippen LogP contribution in [0.15, 0.2) is 48.5 Å². The van der Waals surface area contributed by atoms with Gasteiger partial charge in [-0.05, 0) is 80.7 Å². The number of carbonyl (C=O) groups is 1. The summed E-state index contributed by atoms with van der Waals surface area (Å²) in [5, 5.41) is 14.3. The molecule has 1 aliphatic heterocycles. The van der Waals surface area contributed by atoms with Crippen LogP contribution in [0.4, 0.5) is 0 Å². The maximum atomic E-state index is 12.8. The summed E-state index contributed by atoms with van der Waals surface area (Å²) in [5.41, 5.74) is 0.783. The van der Waals surface area contributed by atoms with E-state index in [0.717, 1.165) is 55.2 Å². The summed E-state index contributed by atoms with van der Waals surface area (Å²) < 4.78 is 16.7. The van der Waals surface area contributed by atoms with E-state index in [1.54, 1.807) is 7.11 Å². The lowest BCUT2D eigenvalue weighted by molar-refractivity contribution is -0.123. The van der Waals surface area contributed by atoms with Gasteiger partial charge in [-0.3, -0.25) is 4.79 Å². The summed E-state index contributed by atoms with van der Waals surface area (Å²) in [5.74, 6) is 2.26. The Hall–Kier alpha value is -2.77. The molecule has 1 saturated heterocycles. The first-order valence-electron chi connectivity index (χ1n) is 13.8. The Labute approximate surface area is 222 Å². The second-order valence-corrected chi connectivity index (χ2v) is 9.73. The number of aliphatic hydroxyl groups is 1. The largest absolute Gasteiger partial charge is 0.497 e. The SMILES string of the molecule is CCCCCCOc1ccc(C(O)C(CN2CCCC2)NC(=O)CCCOc2ccc(OC)cc2)cc1. The number of hydrogen-bond acceptors (Lipinski definition) is 6. The van der Waals surface area contributed by atoms with Crippen LogP contribution in [0.1, 0.15) is 70.0 Å². The molecule has 204 valence electrons. The Balaban J connectivity index is 1.48. The summed E-state index contributed by atoms with van der Waals surface area (Å²) in [6.07, 6.45) is 7.12. The van der Waals surface area contributed by atoms with Gasteiger partial charge in [0.25, 0.3) is 0 Å². The molecule has 2 atom stereocenters. The molecule has 2 N–H and O–H groups in total. The van der Waals surface area contributed by atoms with Gasteiger partial charge in [0, 0.05) is 13.0 Å². The fourth-order valence-corrected chi connectivity index (χ4v) is 4.55. The minimum atomic E-state index is -0.793. The van der Waals surface area contributed by atoms with Crippen LogP contribution in [0.2, 0.25) is 0 Å². The predicted molar refractivity (Wildman–Crippen MR) is 146 cm³/mol. The number of rotatable bonds is 17. The molecular weight excluding hydrogens is 468 g/mol. The number of likely N-dealkylation sites (tertiary alicyclic amines) is 1. The fraction of sp³-hybridized carbons (Fsp3) is 0.567. The van der Waals surface area contributed by atoms with Crippen LogP contribution >= 0.6 is 0 Å². The number of methoxy groups -OCH3 is 1. The van der Waals surface area contributed by atoms with Crippen molar-refractivity contribution in [2.75, 3.05) is 40.0 Å². The molecule has 2 aromatic carbocycles. The zero-order valence-corrected chi connectivity index (χ0v) is 22.5. The first-order valence-corrected chi connectivity index (χ1v) is 13.8. The van der Waals surface area contributed by atoms with Crippen molar-refractivity contribution in [3.63, 3.8) is 0 Å². The van der Waals surface area contributed by atoms with Gasteiger partial charge in [0.2, 0.25) is 5.91 Å². The Bertz CT molecular complexity index is 897. The van der Waals surface area contributed by atoms with E-state index in [1.165, 1.54) is 19.3 Å². The van der Waals surface area contributed by atoms with E-state index in [0.29, 0.717) is 32.6 Å². The lowest BCUT2D eigenvalue weighted by Gasteiger charge is -2.29. The van der Waals surface area contributed by atoms with Gasteiger partial charge in [0.05, 0.1) is 26.4 Å². The highest BCUT2D eigenvalue weighted by Crippen LogP contribution is 2.23. The highest BCUT2D eigenvalue weighted by Gasteiger charge is 2.26. The molecule has 0 aliphatic carbocycles. The quantitative estimate of drug-likeness (QED) is 0.286. The van der Waals surface area contributed by atoms with Gasteiger partial charge < -0.3 is 29.5 Å². The summed E-state index contributed by atoms with van der Waals surface area (Å²) in [6.45, 7) is 5.98. The number of benzene rings is 2. The molecule has 3 rings (SSSR count). The van der Waals surface area contributed by atoms with Crippen molar-refractivity contribution in [2.45, 2.75) is 70.4 Å². The van der Waals surface area contributed by atoms with Crippen molar-refractivity contribution in [3.8, 4) is 17.2 Å². The van der Waals surface area contributed by atoms with Crippen molar-refractivity contribution in [2.24, 2.45) is 0 Å². The van der Waals surface area contributed by atoms with Crippen LogP contribution in [0, 0.1) is 0 Å². The number of ether oxygens (including phenoxy) is 3. The molecule has 1 aliphatic rings. The molecule has 2 unspecified atom stereocenters. The Kier molecular flexibility index (Phi) is 12.6. The van der Waals surface area contributed by atoms with Crippen molar-refractivity contribution >= 4 is 5.91 Å². The lowest BCUT2D eigenvalue weighted by atomic mass is 10.0. The zero-order chi connectivity index (χ0) is 26.3. The number of nitrogens with zero attached hydrogens (tertiary/aromatic N) is 1. The van der Waals surface area contributed by atoms with E-state index in [9.17, 15) is 9.90 Å². The van der Waals surface area contributed by atoms with Crippen molar-refractivity contribution in [1.82, 2.24) is 10.2 Å². The molecule has 37 heavy (non-hydrogen) atoms. The molecule has 0 bridgehead atoms. The monoisotopic (exact) mass is 512 g/mol. The van der Waals surface area contributed by atoms with Crippen LogP contribution in [0.25, 0.3) is 0 Å². The average Bonchev–Trinajstić information content (AvgIpc) is 3.44. The van der Waals surface area contributed by atoms with Gasteiger partial charge in [-0.25, -0.2) is 0 Å². The molecule has 1 fully saturated rings. The zero-order valence-electron chi connectivity index (χ0n) is 22.5. The Morgan fingerprint density at radius 3 is 2.11 bits per heavy atom. The maximum absolute atomic E-state index is 12.8. The molecule has 2 aromatic rings. The lowest BCUT2D eigenvalue weighted by Crippen LogP contribution is -2.46. The number of carbonyl (C=O) groups excluding carboxylic acids is 1. The topological polar surface area (TPSA) is 80.3 Å². The van der Waals surface area contributed by atoms with Crippen LogP contribution in [-0.4, -0.2) is 61.9 Å². The van der Waals surface area contributed by atoms with Gasteiger partial charge in [0.1, 0.15) is 23.4 Å². The molecule has 1 amide bonds. The predicted octanol–water partition coefficient (Wildman–Crippen LogP) is 5.13. The fourth-order valence-electron chi connectivity index (χ4n) is 4.55. The first kappa shape index (κ1) is 28.8. The van der Waals surface area contributed by atoms with Crippen molar-refractivity contribution in [3.05, 3.63) is 54.1 Å². The third-order valence-corrected chi connectivity index (χ3v) is 6.75. The molecule has 1 heterocycles. The van der Waals surface area contributed by atoms with Crippen LogP contribution in [-0.2, 0) is 4.79 Å². The summed E-state index contributed by atoms with van der Waals surface area (Å²) in [7, 11) is 1.63. The molecule has 0 aromatic heterocycles. The summed E-state index contributed by atoms with van der Waals surface area (Å²) in [4.78, 5) is 15.1. The Morgan fingerprint density at radius 2 is 1.49 bits per heavy atom. The number of unbranched alkanes of at least 4 members (excludes halogenated alkanes) is 3. The highest BCUT2D eigenvalue weighted by molar-refractivity contribution is 5.76. The maximum Gasteiger partial charge on any atom is 0.220 e. The molecule has 0 spiro atoms.